The minimum absolute atomic E-state index is 0.394. The summed E-state index contributed by atoms with van der Waals surface area (Å²) in [6.07, 6.45) is 11.2. The summed E-state index contributed by atoms with van der Waals surface area (Å²) in [5, 5.41) is 9.83. The summed E-state index contributed by atoms with van der Waals surface area (Å²) in [5.74, 6) is 6.77. The van der Waals surface area contributed by atoms with Gasteiger partial charge in [0.05, 0.1) is 6.10 Å². The molecule has 1 aromatic carbocycles. The molecule has 4 rings (SSSR count). The van der Waals surface area contributed by atoms with Gasteiger partial charge in [-0.2, -0.15) is 0 Å². The number of aliphatic hydroxyl groups is 1. The molecule has 3 aliphatic rings. The molecule has 1 atom stereocenters. The lowest BCUT2D eigenvalue weighted by molar-refractivity contribution is 0.0540. The van der Waals surface area contributed by atoms with Gasteiger partial charge in [-0.15, -0.1) is 0 Å². The molecule has 4 heteroatoms. The molecule has 0 radical (unpaired) electrons. The minimum Gasteiger partial charge on any atom is -0.378 e. The normalized spacial score (nSPS) is 23.6. The Balaban J connectivity index is 1.33. The summed E-state index contributed by atoms with van der Waals surface area (Å²) in [6, 6.07) is 9.42. The number of likely N-dealkylation sites (tertiary alicyclic amines) is 1. The maximum atomic E-state index is 9.83. The van der Waals surface area contributed by atoms with E-state index in [1.165, 1.54) is 76.6 Å². The fourth-order valence-corrected chi connectivity index (χ4v) is 5.59. The molecule has 176 valence electrons. The van der Waals surface area contributed by atoms with Crippen molar-refractivity contribution in [3.63, 3.8) is 0 Å². The van der Waals surface area contributed by atoms with Crippen molar-refractivity contribution < 1.29 is 9.84 Å². The standard InChI is InChI=1S/C28H42N2O2/c1-28(2,31)16-13-23-9-11-24(12-10-23)20-29(22-27-8-5-19-32-27)21-25-14-17-30(18-15-25)26-6-3-4-7-26/h9-12,25-27,31H,3-8,14-15,17-22H2,1-2H3. The zero-order chi connectivity index (χ0) is 22.4. The van der Waals surface area contributed by atoms with Gasteiger partial charge in [0.2, 0.25) is 0 Å². The Kier molecular flexibility index (Phi) is 8.29. The monoisotopic (exact) mass is 438 g/mol. The van der Waals surface area contributed by atoms with Crippen molar-refractivity contribution in [1.29, 1.82) is 0 Å². The predicted octanol–water partition coefficient (Wildman–Crippen LogP) is 4.44. The Morgan fingerprint density at radius 3 is 2.34 bits per heavy atom. The number of ether oxygens (including phenoxy) is 1. The van der Waals surface area contributed by atoms with Crippen molar-refractivity contribution in [2.75, 3.05) is 32.8 Å². The Morgan fingerprint density at radius 1 is 1.00 bits per heavy atom. The zero-order valence-corrected chi connectivity index (χ0v) is 20.2. The van der Waals surface area contributed by atoms with Gasteiger partial charge < -0.3 is 14.7 Å². The van der Waals surface area contributed by atoms with E-state index in [9.17, 15) is 5.11 Å². The molecule has 1 saturated carbocycles. The van der Waals surface area contributed by atoms with Gasteiger partial charge in [-0.3, -0.25) is 4.90 Å². The lowest BCUT2D eigenvalue weighted by Crippen LogP contribution is -2.43. The molecule has 3 fully saturated rings. The largest absolute Gasteiger partial charge is 0.378 e. The number of rotatable bonds is 7. The van der Waals surface area contributed by atoms with Gasteiger partial charge in [0.25, 0.3) is 0 Å². The van der Waals surface area contributed by atoms with Gasteiger partial charge >= 0.3 is 0 Å². The highest BCUT2D eigenvalue weighted by atomic mass is 16.5. The molecule has 0 amide bonds. The van der Waals surface area contributed by atoms with Crippen molar-refractivity contribution in [3.8, 4) is 11.8 Å². The van der Waals surface area contributed by atoms with Crippen LogP contribution in [-0.2, 0) is 11.3 Å². The van der Waals surface area contributed by atoms with Crippen LogP contribution in [0.1, 0.15) is 76.3 Å². The van der Waals surface area contributed by atoms with E-state index in [4.69, 9.17) is 4.74 Å². The predicted molar refractivity (Wildman–Crippen MR) is 130 cm³/mol. The van der Waals surface area contributed by atoms with Crippen LogP contribution in [0.25, 0.3) is 0 Å². The third-order valence-electron chi connectivity index (χ3n) is 7.37. The summed E-state index contributed by atoms with van der Waals surface area (Å²) >= 11 is 0. The third-order valence-corrected chi connectivity index (χ3v) is 7.37. The van der Waals surface area contributed by atoms with E-state index in [2.05, 4.69) is 45.9 Å². The van der Waals surface area contributed by atoms with Crippen LogP contribution in [0.15, 0.2) is 24.3 Å². The van der Waals surface area contributed by atoms with Crippen LogP contribution in [0.5, 0.6) is 0 Å². The van der Waals surface area contributed by atoms with Crippen molar-refractivity contribution in [2.24, 2.45) is 5.92 Å². The average Bonchev–Trinajstić information content (AvgIpc) is 3.48. The van der Waals surface area contributed by atoms with E-state index < -0.39 is 5.60 Å². The molecule has 2 heterocycles. The first kappa shape index (κ1) is 23.8. The van der Waals surface area contributed by atoms with Crippen LogP contribution >= 0.6 is 0 Å². The van der Waals surface area contributed by atoms with Gasteiger partial charge in [-0.1, -0.05) is 36.8 Å². The average molecular weight is 439 g/mol. The second-order valence-electron chi connectivity index (χ2n) is 10.8. The fourth-order valence-electron chi connectivity index (χ4n) is 5.59. The number of piperidine rings is 1. The zero-order valence-electron chi connectivity index (χ0n) is 20.2. The highest BCUT2D eigenvalue weighted by Gasteiger charge is 2.29. The number of benzene rings is 1. The smallest absolute Gasteiger partial charge is 0.120 e. The highest BCUT2D eigenvalue weighted by Crippen LogP contribution is 2.28. The molecule has 4 nitrogen and oxygen atoms in total. The van der Waals surface area contributed by atoms with Crippen LogP contribution in [0, 0.1) is 17.8 Å². The van der Waals surface area contributed by atoms with Crippen LogP contribution in [0.3, 0.4) is 0 Å². The number of nitrogens with zero attached hydrogens (tertiary/aromatic N) is 2. The maximum absolute atomic E-state index is 9.83. The molecule has 2 saturated heterocycles. The van der Waals surface area contributed by atoms with Gasteiger partial charge in [0.1, 0.15) is 5.60 Å². The second-order valence-corrected chi connectivity index (χ2v) is 10.8. The highest BCUT2D eigenvalue weighted by molar-refractivity contribution is 5.37. The number of hydrogen-bond donors (Lipinski definition) is 1. The van der Waals surface area contributed by atoms with Crippen LogP contribution in [0.4, 0.5) is 0 Å². The molecular weight excluding hydrogens is 396 g/mol. The molecule has 32 heavy (non-hydrogen) atoms. The summed E-state index contributed by atoms with van der Waals surface area (Å²) in [5.41, 5.74) is 1.34. The van der Waals surface area contributed by atoms with E-state index >= 15 is 0 Å². The quantitative estimate of drug-likeness (QED) is 0.638. The van der Waals surface area contributed by atoms with Gasteiger partial charge in [-0.25, -0.2) is 0 Å². The first-order valence-electron chi connectivity index (χ1n) is 12.9. The van der Waals surface area contributed by atoms with Crippen molar-refractivity contribution in [3.05, 3.63) is 35.4 Å². The summed E-state index contributed by atoms with van der Waals surface area (Å²) in [4.78, 5) is 5.42. The maximum Gasteiger partial charge on any atom is 0.120 e. The Labute approximate surface area is 195 Å². The summed E-state index contributed by atoms with van der Waals surface area (Å²) < 4.78 is 5.99. The lowest BCUT2D eigenvalue weighted by atomic mass is 9.94. The SMILES string of the molecule is CC(C)(O)C#Cc1ccc(CN(CC2CCN(C3CCCC3)CC2)CC2CCCO2)cc1. The first-order chi connectivity index (χ1) is 15.4. The van der Waals surface area contributed by atoms with Gasteiger partial charge in [-0.05, 0) is 89.1 Å². The van der Waals surface area contributed by atoms with Crippen LogP contribution in [-0.4, -0.2) is 65.4 Å². The summed E-state index contributed by atoms with van der Waals surface area (Å²) in [7, 11) is 0. The number of hydrogen-bond acceptors (Lipinski definition) is 4. The van der Waals surface area contributed by atoms with Crippen molar-refractivity contribution in [2.45, 2.75) is 89.5 Å². The van der Waals surface area contributed by atoms with E-state index in [0.717, 1.165) is 37.2 Å². The van der Waals surface area contributed by atoms with E-state index in [1.54, 1.807) is 13.8 Å². The molecule has 1 aromatic rings. The van der Waals surface area contributed by atoms with Gasteiger partial charge in [0, 0.05) is 37.8 Å². The van der Waals surface area contributed by atoms with Crippen LogP contribution < -0.4 is 0 Å². The van der Waals surface area contributed by atoms with E-state index in [0.29, 0.717) is 6.10 Å². The Bertz CT molecular complexity index is 753. The molecular formula is C28H42N2O2. The van der Waals surface area contributed by atoms with Gasteiger partial charge in [0.15, 0.2) is 0 Å². The van der Waals surface area contributed by atoms with Crippen molar-refractivity contribution >= 4 is 0 Å². The molecule has 0 spiro atoms. The van der Waals surface area contributed by atoms with Crippen LogP contribution in [0.2, 0.25) is 0 Å². The minimum atomic E-state index is -0.954. The second kappa shape index (κ2) is 11.2. The fraction of sp³-hybridized carbons (Fsp3) is 0.714. The van der Waals surface area contributed by atoms with E-state index in [1.807, 2.05) is 0 Å². The Morgan fingerprint density at radius 2 is 1.72 bits per heavy atom. The molecule has 2 aliphatic heterocycles. The lowest BCUT2D eigenvalue weighted by Gasteiger charge is -2.38. The third kappa shape index (κ3) is 7.32. The summed E-state index contributed by atoms with van der Waals surface area (Å²) in [6.45, 7) is 10.1. The molecule has 1 unspecified atom stereocenters. The molecule has 1 N–H and O–H groups in total. The first-order valence-corrected chi connectivity index (χ1v) is 12.9. The molecule has 1 aliphatic carbocycles. The topological polar surface area (TPSA) is 35.9 Å². The van der Waals surface area contributed by atoms with E-state index in [-0.39, 0.29) is 0 Å². The van der Waals surface area contributed by atoms with Crippen molar-refractivity contribution in [1.82, 2.24) is 9.80 Å². The molecule has 0 bridgehead atoms. The molecule has 0 aromatic heterocycles. The Hall–Kier alpha value is -1.38.